The minimum Gasteiger partial charge on any atom is -0.357 e. The third kappa shape index (κ3) is 6.10. The molecule has 0 bridgehead atoms. The number of nitrogens with one attached hydrogen (secondary N) is 1. The lowest BCUT2D eigenvalue weighted by Crippen LogP contribution is -2.46. The molecule has 0 heterocycles. The van der Waals surface area contributed by atoms with E-state index in [-0.39, 0.29) is 11.8 Å². The molecule has 0 saturated carbocycles. The number of aryl methyl sites for hydroxylation is 1. The number of benzene rings is 2. The molecule has 0 fully saturated rings. The van der Waals surface area contributed by atoms with Gasteiger partial charge in [0.2, 0.25) is 11.8 Å². The van der Waals surface area contributed by atoms with Crippen LogP contribution in [0.25, 0.3) is 0 Å². The maximum atomic E-state index is 13.0. The Bertz CT molecular complexity index is 803. The maximum absolute atomic E-state index is 13.0. The largest absolute Gasteiger partial charge is 0.357 e. The zero-order valence-electron chi connectivity index (χ0n) is 17.0. The molecule has 0 saturated heterocycles. The van der Waals surface area contributed by atoms with Crippen LogP contribution >= 0.6 is 11.6 Å². The predicted octanol–water partition coefficient (Wildman–Crippen LogP) is 4.56. The van der Waals surface area contributed by atoms with Crippen molar-refractivity contribution in [2.24, 2.45) is 0 Å². The van der Waals surface area contributed by atoms with Crippen LogP contribution in [0, 0.1) is 0 Å². The van der Waals surface area contributed by atoms with Gasteiger partial charge in [-0.05, 0) is 48.1 Å². The fourth-order valence-electron chi connectivity index (χ4n) is 3.09. The third-order valence-electron chi connectivity index (χ3n) is 4.93. The molecular weight excluding hydrogens is 372 g/mol. The van der Waals surface area contributed by atoms with Gasteiger partial charge >= 0.3 is 0 Å². The summed E-state index contributed by atoms with van der Waals surface area (Å²) >= 11 is 6.07. The van der Waals surface area contributed by atoms with Crippen molar-refractivity contribution in [2.45, 2.75) is 52.1 Å². The van der Waals surface area contributed by atoms with Gasteiger partial charge in [0.15, 0.2) is 0 Å². The summed E-state index contributed by atoms with van der Waals surface area (Å²) in [4.78, 5) is 26.7. The Kier molecular flexibility index (Phi) is 8.06. The van der Waals surface area contributed by atoms with Gasteiger partial charge in [-0.1, -0.05) is 61.8 Å². The SMILES string of the molecule is CNC(=O)[C@@H](C)N(Cc1cccc(Cl)c1)C(=O)CCc1ccc(C(C)C)cc1. The fraction of sp³-hybridized carbons (Fsp3) is 0.391. The van der Waals surface area contributed by atoms with Crippen LogP contribution in [-0.2, 0) is 22.6 Å². The van der Waals surface area contributed by atoms with Crippen LogP contribution in [0.5, 0.6) is 0 Å². The van der Waals surface area contributed by atoms with Crippen molar-refractivity contribution in [3.8, 4) is 0 Å². The molecule has 1 N–H and O–H groups in total. The first-order valence-corrected chi connectivity index (χ1v) is 10.0. The van der Waals surface area contributed by atoms with Crippen molar-refractivity contribution in [3.05, 3.63) is 70.2 Å². The topological polar surface area (TPSA) is 49.4 Å². The summed E-state index contributed by atoms with van der Waals surface area (Å²) in [5, 5.41) is 3.24. The Morgan fingerprint density at radius 1 is 1.04 bits per heavy atom. The molecule has 0 aromatic heterocycles. The van der Waals surface area contributed by atoms with Crippen LogP contribution in [-0.4, -0.2) is 29.8 Å². The summed E-state index contributed by atoms with van der Waals surface area (Å²) in [7, 11) is 1.58. The van der Waals surface area contributed by atoms with Gasteiger partial charge < -0.3 is 10.2 Å². The molecule has 0 spiro atoms. The average Bonchev–Trinajstić information content (AvgIpc) is 2.69. The summed E-state index contributed by atoms with van der Waals surface area (Å²) in [6.07, 6.45) is 0.993. The molecule has 2 aromatic carbocycles. The van der Waals surface area contributed by atoms with E-state index in [2.05, 4.69) is 43.4 Å². The number of likely N-dealkylation sites (N-methyl/N-ethyl adjacent to an activating group) is 1. The van der Waals surface area contributed by atoms with Gasteiger partial charge in [-0.15, -0.1) is 0 Å². The highest BCUT2D eigenvalue weighted by Gasteiger charge is 2.25. The minimum atomic E-state index is -0.556. The van der Waals surface area contributed by atoms with Crippen LogP contribution in [0.3, 0.4) is 0 Å². The Morgan fingerprint density at radius 3 is 2.29 bits per heavy atom. The second-order valence-electron chi connectivity index (χ2n) is 7.34. The molecule has 2 amide bonds. The van der Waals surface area contributed by atoms with Gasteiger partial charge in [-0.2, -0.15) is 0 Å². The van der Waals surface area contributed by atoms with Gasteiger partial charge in [-0.3, -0.25) is 9.59 Å². The molecular formula is C23H29ClN2O2. The third-order valence-corrected chi connectivity index (χ3v) is 5.16. The lowest BCUT2D eigenvalue weighted by Gasteiger charge is -2.28. The summed E-state index contributed by atoms with van der Waals surface area (Å²) in [5.74, 6) is 0.248. The number of amides is 2. The van der Waals surface area contributed by atoms with Crippen molar-refractivity contribution in [1.29, 1.82) is 0 Å². The Balaban J connectivity index is 2.10. The zero-order valence-corrected chi connectivity index (χ0v) is 17.8. The molecule has 0 aliphatic carbocycles. The van der Waals surface area contributed by atoms with Crippen LogP contribution in [0.2, 0.25) is 5.02 Å². The molecule has 150 valence electrons. The van der Waals surface area contributed by atoms with E-state index in [0.29, 0.717) is 30.3 Å². The average molecular weight is 401 g/mol. The van der Waals surface area contributed by atoms with E-state index in [9.17, 15) is 9.59 Å². The van der Waals surface area contributed by atoms with E-state index >= 15 is 0 Å². The monoisotopic (exact) mass is 400 g/mol. The van der Waals surface area contributed by atoms with Gasteiger partial charge in [-0.25, -0.2) is 0 Å². The molecule has 0 aliphatic heterocycles. The quantitative estimate of drug-likeness (QED) is 0.706. The van der Waals surface area contributed by atoms with Crippen LogP contribution < -0.4 is 5.32 Å². The smallest absolute Gasteiger partial charge is 0.242 e. The summed E-state index contributed by atoms with van der Waals surface area (Å²) in [6.45, 7) is 6.41. The zero-order chi connectivity index (χ0) is 20.7. The fourth-order valence-corrected chi connectivity index (χ4v) is 3.30. The van der Waals surface area contributed by atoms with E-state index in [1.807, 2.05) is 18.2 Å². The second-order valence-corrected chi connectivity index (χ2v) is 7.77. The molecule has 28 heavy (non-hydrogen) atoms. The molecule has 0 radical (unpaired) electrons. The van der Waals surface area contributed by atoms with Crippen molar-refractivity contribution in [3.63, 3.8) is 0 Å². The Labute approximate surface area is 172 Å². The van der Waals surface area contributed by atoms with E-state index < -0.39 is 6.04 Å². The maximum Gasteiger partial charge on any atom is 0.242 e. The lowest BCUT2D eigenvalue weighted by atomic mass is 10.00. The van der Waals surface area contributed by atoms with Gasteiger partial charge in [0, 0.05) is 25.0 Å². The van der Waals surface area contributed by atoms with Crippen LogP contribution in [0.15, 0.2) is 48.5 Å². The second kappa shape index (κ2) is 10.3. The van der Waals surface area contributed by atoms with Gasteiger partial charge in [0.25, 0.3) is 0 Å². The summed E-state index contributed by atoms with van der Waals surface area (Å²) in [6, 6.07) is 15.2. The summed E-state index contributed by atoms with van der Waals surface area (Å²) < 4.78 is 0. The highest BCUT2D eigenvalue weighted by atomic mass is 35.5. The molecule has 4 nitrogen and oxygen atoms in total. The number of hydrogen-bond acceptors (Lipinski definition) is 2. The summed E-state index contributed by atoms with van der Waals surface area (Å²) in [5.41, 5.74) is 3.30. The van der Waals surface area contributed by atoms with Crippen molar-refractivity contribution < 1.29 is 9.59 Å². The van der Waals surface area contributed by atoms with E-state index in [4.69, 9.17) is 11.6 Å². The molecule has 1 atom stereocenters. The minimum absolute atomic E-state index is 0.0518. The van der Waals surface area contributed by atoms with Crippen molar-refractivity contribution in [1.82, 2.24) is 10.2 Å². The molecule has 2 rings (SSSR count). The Hall–Kier alpha value is -2.33. The number of rotatable bonds is 8. The number of halogens is 1. The molecule has 0 aliphatic rings. The first-order chi connectivity index (χ1) is 13.3. The van der Waals surface area contributed by atoms with Crippen molar-refractivity contribution >= 4 is 23.4 Å². The number of carbonyl (C=O) groups is 2. The normalized spacial score (nSPS) is 11.9. The Morgan fingerprint density at radius 2 is 1.71 bits per heavy atom. The molecule has 0 unspecified atom stereocenters. The van der Waals surface area contributed by atoms with Crippen LogP contribution in [0.4, 0.5) is 0 Å². The highest BCUT2D eigenvalue weighted by Crippen LogP contribution is 2.18. The molecule has 2 aromatic rings. The lowest BCUT2D eigenvalue weighted by molar-refractivity contribution is -0.140. The predicted molar refractivity (Wildman–Crippen MR) is 114 cm³/mol. The standard InChI is InChI=1S/C23H29ClN2O2/c1-16(2)20-11-8-18(9-12-20)10-13-22(27)26(17(3)23(28)25-4)15-19-6-5-7-21(24)14-19/h5-9,11-12,14,16-17H,10,13,15H2,1-4H3,(H,25,28)/t17-/m1/s1. The van der Waals surface area contributed by atoms with Gasteiger partial charge in [0.05, 0.1) is 0 Å². The number of carbonyl (C=O) groups excluding carboxylic acids is 2. The van der Waals surface area contributed by atoms with Crippen molar-refractivity contribution in [2.75, 3.05) is 7.05 Å². The first kappa shape index (κ1) is 22.0. The highest BCUT2D eigenvalue weighted by molar-refractivity contribution is 6.30. The van der Waals surface area contributed by atoms with Gasteiger partial charge in [0.1, 0.15) is 6.04 Å². The number of hydrogen-bond donors (Lipinski definition) is 1. The van der Waals surface area contributed by atoms with E-state index in [0.717, 1.165) is 11.1 Å². The molecule has 5 heteroatoms. The van der Waals surface area contributed by atoms with Crippen LogP contribution in [0.1, 0.15) is 49.8 Å². The van der Waals surface area contributed by atoms with E-state index in [1.165, 1.54) is 5.56 Å². The van der Waals surface area contributed by atoms with E-state index in [1.54, 1.807) is 24.9 Å². The first-order valence-electron chi connectivity index (χ1n) is 9.66. The number of nitrogens with zero attached hydrogens (tertiary/aromatic N) is 1.